The van der Waals surface area contributed by atoms with Gasteiger partial charge in [-0.05, 0) is 13.3 Å². The highest BCUT2D eigenvalue weighted by Gasteiger charge is 2.06. The number of fused-ring (bicyclic) bond motifs is 1. The largest absolute Gasteiger partial charge is 0.368 e. The zero-order valence-corrected chi connectivity index (χ0v) is 8.33. The molecule has 2 aromatic rings. The summed E-state index contributed by atoms with van der Waals surface area (Å²) >= 11 is 0. The fourth-order valence-corrected chi connectivity index (χ4v) is 1.31. The van der Waals surface area contributed by atoms with Crippen LogP contribution in [0.15, 0.2) is 6.33 Å². The molecule has 0 radical (unpaired) electrons. The second kappa shape index (κ2) is 3.61. The highest BCUT2D eigenvalue weighted by molar-refractivity contribution is 5.82. The lowest BCUT2D eigenvalue weighted by molar-refractivity contribution is 0.961. The van der Waals surface area contributed by atoms with E-state index >= 15 is 0 Å². The van der Waals surface area contributed by atoms with Gasteiger partial charge in [0.05, 0.1) is 6.33 Å². The molecule has 74 valence electrons. The van der Waals surface area contributed by atoms with Gasteiger partial charge in [-0.2, -0.15) is 0 Å². The van der Waals surface area contributed by atoms with Gasteiger partial charge < -0.3 is 10.3 Å². The third kappa shape index (κ3) is 1.53. The summed E-state index contributed by atoms with van der Waals surface area (Å²) in [5.41, 5.74) is 1.60. The summed E-state index contributed by atoms with van der Waals surface area (Å²) < 4.78 is 0. The van der Waals surface area contributed by atoms with Gasteiger partial charge in [0.15, 0.2) is 11.5 Å². The minimum Gasteiger partial charge on any atom is -0.368 e. The standard InChI is InChI=1S/C9H13N5/c1-3-4-10-8-7-9(12-5-11-7)14-6(2)13-8/h5H,3-4H2,1-2H3,(H2,10,11,12,13,14). The number of aromatic nitrogens is 4. The number of rotatable bonds is 3. The van der Waals surface area contributed by atoms with Crippen LogP contribution in [0.4, 0.5) is 5.82 Å². The van der Waals surface area contributed by atoms with Gasteiger partial charge in [-0.3, -0.25) is 0 Å². The van der Waals surface area contributed by atoms with Crippen LogP contribution >= 0.6 is 0 Å². The predicted molar refractivity (Wildman–Crippen MR) is 55.2 cm³/mol. The third-order valence-electron chi connectivity index (χ3n) is 1.93. The maximum absolute atomic E-state index is 4.31. The van der Waals surface area contributed by atoms with E-state index in [4.69, 9.17) is 0 Å². The average Bonchev–Trinajstić information content (AvgIpc) is 2.61. The fraction of sp³-hybridized carbons (Fsp3) is 0.444. The number of imidazole rings is 1. The van der Waals surface area contributed by atoms with E-state index in [1.165, 1.54) is 0 Å². The van der Waals surface area contributed by atoms with Crippen molar-refractivity contribution in [1.82, 2.24) is 19.9 Å². The summed E-state index contributed by atoms with van der Waals surface area (Å²) in [7, 11) is 0. The van der Waals surface area contributed by atoms with Crippen molar-refractivity contribution in [1.29, 1.82) is 0 Å². The van der Waals surface area contributed by atoms with E-state index < -0.39 is 0 Å². The molecule has 5 nitrogen and oxygen atoms in total. The molecule has 0 aliphatic carbocycles. The van der Waals surface area contributed by atoms with E-state index in [2.05, 4.69) is 32.2 Å². The molecule has 0 aliphatic heterocycles. The zero-order chi connectivity index (χ0) is 9.97. The summed E-state index contributed by atoms with van der Waals surface area (Å²) in [5, 5.41) is 3.23. The van der Waals surface area contributed by atoms with Crippen LogP contribution in [-0.4, -0.2) is 26.5 Å². The van der Waals surface area contributed by atoms with Gasteiger partial charge in [-0.15, -0.1) is 0 Å². The first-order valence-corrected chi connectivity index (χ1v) is 4.73. The van der Waals surface area contributed by atoms with Crippen molar-refractivity contribution in [3.8, 4) is 0 Å². The van der Waals surface area contributed by atoms with E-state index in [1.54, 1.807) is 6.33 Å². The Balaban J connectivity index is 2.44. The molecule has 0 amide bonds. The molecule has 2 aromatic heterocycles. The van der Waals surface area contributed by atoms with Gasteiger partial charge in [0, 0.05) is 6.54 Å². The molecular weight excluding hydrogens is 178 g/mol. The van der Waals surface area contributed by atoms with Crippen LogP contribution in [0.1, 0.15) is 19.2 Å². The first-order chi connectivity index (χ1) is 6.81. The minimum atomic E-state index is 0.750. The Bertz CT molecular complexity index is 434. The molecule has 0 bridgehead atoms. The first kappa shape index (κ1) is 8.93. The van der Waals surface area contributed by atoms with Crippen LogP contribution in [0.5, 0.6) is 0 Å². The van der Waals surface area contributed by atoms with E-state index in [0.29, 0.717) is 0 Å². The number of anilines is 1. The molecule has 0 fully saturated rings. The lowest BCUT2D eigenvalue weighted by atomic mass is 10.4. The number of nitrogens with zero attached hydrogens (tertiary/aromatic N) is 3. The van der Waals surface area contributed by atoms with Crippen molar-refractivity contribution in [2.24, 2.45) is 0 Å². The SMILES string of the molecule is CCCNc1nc(C)nc2[nH]cnc12. The summed E-state index contributed by atoms with van der Waals surface area (Å²) in [6.45, 7) is 4.89. The Hall–Kier alpha value is -1.65. The number of aryl methyl sites for hydroxylation is 1. The van der Waals surface area contributed by atoms with Crippen LogP contribution in [0.3, 0.4) is 0 Å². The number of H-pyrrole nitrogens is 1. The maximum Gasteiger partial charge on any atom is 0.163 e. The van der Waals surface area contributed by atoms with E-state index in [-0.39, 0.29) is 0 Å². The van der Waals surface area contributed by atoms with Crippen molar-refractivity contribution in [2.45, 2.75) is 20.3 Å². The highest BCUT2D eigenvalue weighted by atomic mass is 15.1. The maximum atomic E-state index is 4.31. The molecule has 0 saturated heterocycles. The summed E-state index contributed by atoms with van der Waals surface area (Å²) in [6, 6.07) is 0. The third-order valence-corrected chi connectivity index (χ3v) is 1.93. The van der Waals surface area contributed by atoms with Crippen LogP contribution in [0.25, 0.3) is 11.2 Å². The van der Waals surface area contributed by atoms with Gasteiger partial charge in [-0.25, -0.2) is 15.0 Å². The van der Waals surface area contributed by atoms with Crippen LogP contribution in [0, 0.1) is 6.92 Å². The van der Waals surface area contributed by atoms with Crippen LogP contribution < -0.4 is 5.32 Å². The second-order valence-electron chi connectivity index (χ2n) is 3.15. The van der Waals surface area contributed by atoms with E-state index in [9.17, 15) is 0 Å². The fourth-order valence-electron chi connectivity index (χ4n) is 1.31. The first-order valence-electron chi connectivity index (χ1n) is 4.73. The number of hydrogen-bond acceptors (Lipinski definition) is 4. The second-order valence-corrected chi connectivity index (χ2v) is 3.15. The Kier molecular flexibility index (Phi) is 2.30. The zero-order valence-electron chi connectivity index (χ0n) is 8.33. The smallest absolute Gasteiger partial charge is 0.163 e. The molecule has 2 rings (SSSR count). The van der Waals surface area contributed by atoms with Crippen molar-refractivity contribution in [3.63, 3.8) is 0 Å². The molecule has 14 heavy (non-hydrogen) atoms. The monoisotopic (exact) mass is 191 g/mol. The molecule has 2 heterocycles. The van der Waals surface area contributed by atoms with Gasteiger partial charge in [0.25, 0.3) is 0 Å². The molecule has 5 heteroatoms. The van der Waals surface area contributed by atoms with Gasteiger partial charge >= 0.3 is 0 Å². The van der Waals surface area contributed by atoms with Gasteiger partial charge in [0.1, 0.15) is 11.3 Å². The molecule has 2 N–H and O–H groups in total. The Morgan fingerprint density at radius 3 is 3.07 bits per heavy atom. The quantitative estimate of drug-likeness (QED) is 0.771. The normalized spacial score (nSPS) is 10.7. The highest BCUT2D eigenvalue weighted by Crippen LogP contribution is 2.15. The van der Waals surface area contributed by atoms with Crippen molar-refractivity contribution in [2.75, 3.05) is 11.9 Å². The number of aromatic amines is 1. The molecule has 0 spiro atoms. The number of hydrogen-bond donors (Lipinski definition) is 2. The van der Waals surface area contributed by atoms with E-state index in [0.717, 1.165) is 35.8 Å². The lowest BCUT2D eigenvalue weighted by Gasteiger charge is -2.04. The molecule has 0 atom stereocenters. The molecule has 0 unspecified atom stereocenters. The predicted octanol–water partition coefficient (Wildman–Crippen LogP) is 1.48. The van der Waals surface area contributed by atoms with Gasteiger partial charge in [-0.1, -0.05) is 6.92 Å². The van der Waals surface area contributed by atoms with Crippen LogP contribution in [-0.2, 0) is 0 Å². The number of nitrogens with one attached hydrogen (secondary N) is 2. The lowest BCUT2D eigenvalue weighted by Crippen LogP contribution is -2.04. The van der Waals surface area contributed by atoms with Crippen molar-refractivity contribution < 1.29 is 0 Å². The van der Waals surface area contributed by atoms with Gasteiger partial charge in [0.2, 0.25) is 0 Å². The van der Waals surface area contributed by atoms with E-state index in [1.807, 2.05) is 6.92 Å². The molecular formula is C9H13N5. The summed E-state index contributed by atoms with van der Waals surface area (Å²) in [4.78, 5) is 15.7. The Morgan fingerprint density at radius 2 is 2.29 bits per heavy atom. The topological polar surface area (TPSA) is 66.5 Å². The average molecular weight is 191 g/mol. The summed E-state index contributed by atoms with van der Waals surface area (Å²) in [5.74, 6) is 1.57. The Morgan fingerprint density at radius 1 is 1.43 bits per heavy atom. The van der Waals surface area contributed by atoms with Crippen molar-refractivity contribution in [3.05, 3.63) is 12.2 Å². The minimum absolute atomic E-state index is 0.750. The molecule has 0 aromatic carbocycles. The molecule has 0 saturated carbocycles. The van der Waals surface area contributed by atoms with Crippen molar-refractivity contribution >= 4 is 17.0 Å². The van der Waals surface area contributed by atoms with Crippen LogP contribution in [0.2, 0.25) is 0 Å². The Labute approximate surface area is 82.0 Å². The molecule has 0 aliphatic rings. The summed E-state index contributed by atoms with van der Waals surface area (Å²) in [6.07, 6.45) is 2.70.